The fourth-order valence-corrected chi connectivity index (χ4v) is 1.47. The van der Waals surface area contributed by atoms with E-state index in [0.29, 0.717) is 18.8 Å². The lowest BCUT2D eigenvalue weighted by molar-refractivity contribution is 0.0692. The van der Waals surface area contributed by atoms with Crippen LogP contribution in [0.5, 0.6) is 5.75 Å². The first kappa shape index (κ1) is 12.6. The highest BCUT2D eigenvalue weighted by atomic mass is 79.9. The van der Waals surface area contributed by atoms with Gasteiger partial charge in [-0.15, -0.1) is 11.8 Å². The van der Waals surface area contributed by atoms with Crippen molar-refractivity contribution in [3.8, 4) is 17.6 Å². The summed E-state index contributed by atoms with van der Waals surface area (Å²) in [6.45, 7) is 2.14. The van der Waals surface area contributed by atoms with Crippen molar-refractivity contribution >= 4 is 21.9 Å². The maximum atomic E-state index is 10.9. The van der Waals surface area contributed by atoms with E-state index in [4.69, 9.17) is 9.84 Å². The minimum atomic E-state index is -0.996. The zero-order valence-corrected chi connectivity index (χ0v) is 10.4. The van der Waals surface area contributed by atoms with Crippen LogP contribution < -0.4 is 4.74 Å². The molecule has 0 bridgehead atoms. The average Bonchev–Trinajstić information content (AvgIpc) is 2.24. The van der Waals surface area contributed by atoms with Crippen molar-refractivity contribution in [1.82, 2.24) is 0 Å². The lowest BCUT2D eigenvalue weighted by Crippen LogP contribution is -2.04. The SMILES string of the molecule is CC#CCCOc1cc(Br)ccc1C(=O)O. The summed E-state index contributed by atoms with van der Waals surface area (Å²) >= 11 is 3.27. The molecule has 1 N–H and O–H groups in total. The second-order valence-electron chi connectivity index (χ2n) is 2.97. The van der Waals surface area contributed by atoms with Gasteiger partial charge < -0.3 is 9.84 Å². The van der Waals surface area contributed by atoms with Gasteiger partial charge in [0, 0.05) is 10.9 Å². The Hall–Kier alpha value is -1.47. The summed E-state index contributed by atoms with van der Waals surface area (Å²) in [4.78, 5) is 10.9. The smallest absolute Gasteiger partial charge is 0.339 e. The third-order valence-electron chi connectivity index (χ3n) is 1.84. The van der Waals surface area contributed by atoms with Crippen LogP contribution in [0, 0.1) is 11.8 Å². The maximum Gasteiger partial charge on any atom is 0.339 e. The monoisotopic (exact) mass is 282 g/mol. The molecular weight excluding hydrogens is 272 g/mol. The van der Waals surface area contributed by atoms with Gasteiger partial charge in [-0.25, -0.2) is 4.79 Å². The molecule has 0 fully saturated rings. The molecule has 0 radical (unpaired) electrons. The topological polar surface area (TPSA) is 46.5 Å². The van der Waals surface area contributed by atoms with Gasteiger partial charge in [0.05, 0.1) is 6.61 Å². The van der Waals surface area contributed by atoms with Gasteiger partial charge in [0.2, 0.25) is 0 Å². The van der Waals surface area contributed by atoms with Crippen LogP contribution in [0.4, 0.5) is 0 Å². The van der Waals surface area contributed by atoms with E-state index >= 15 is 0 Å². The molecular formula is C12H11BrO3. The standard InChI is InChI=1S/C12H11BrO3/c1-2-3-4-7-16-11-8-9(13)5-6-10(11)12(14)15/h5-6,8H,4,7H2,1H3,(H,14,15). The molecule has 0 aliphatic rings. The third kappa shape index (κ3) is 3.59. The molecule has 0 aliphatic carbocycles. The number of rotatable bonds is 4. The Morgan fingerprint density at radius 3 is 2.94 bits per heavy atom. The molecule has 0 spiro atoms. The van der Waals surface area contributed by atoms with Crippen LogP contribution >= 0.6 is 15.9 Å². The van der Waals surface area contributed by atoms with Crippen LogP contribution in [0.2, 0.25) is 0 Å². The van der Waals surface area contributed by atoms with Gasteiger partial charge in [0.15, 0.2) is 0 Å². The van der Waals surface area contributed by atoms with E-state index in [2.05, 4.69) is 27.8 Å². The van der Waals surface area contributed by atoms with Gasteiger partial charge in [-0.2, -0.15) is 0 Å². The molecule has 4 heteroatoms. The van der Waals surface area contributed by atoms with Crippen LogP contribution in [0.3, 0.4) is 0 Å². The third-order valence-corrected chi connectivity index (χ3v) is 2.33. The fourth-order valence-electron chi connectivity index (χ4n) is 1.13. The molecule has 0 saturated carbocycles. The zero-order valence-electron chi connectivity index (χ0n) is 8.79. The molecule has 0 heterocycles. The molecule has 0 saturated heterocycles. The molecule has 84 valence electrons. The number of aromatic carboxylic acids is 1. The first-order chi connectivity index (χ1) is 7.65. The van der Waals surface area contributed by atoms with E-state index < -0.39 is 5.97 Å². The van der Waals surface area contributed by atoms with Crippen molar-refractivity contribution in [2.24, 2.45) is 0 Å². The number of halogens is 1. The predicted octanol–water partition coefficient (Wildman–Crippen LogP) is 2.94. The fraction of sp³-hybridized carbons (Fsp3) is 0.250. The largest absolute Gasteiger partial charge is 0.492 e. The Morgan fingerprint density at radius 1 is 1.56 bits per heavy atom. The number of hydrogen-bond acceptors (Lipinski definition) is 2. The first-order valence-corrected chi connectivity index (χ1v) is 5.49. The molecule has 0 aromatic heterocycles. The number of benzene rings is 1. The van der Waals surface area contributed by atoms with Crippen LogP contribution in [0.15, 0.2) is 22.7 Å². The summed E-state index contributed by atoms with van der Waals surface area (Å²) in [6, 6.07) is 4.82. The van der Waals surface area contributed by atoms with E-state index in [1.165, 1.54) is 6.07 Å². The Bertz CT molecular complexity index is 443. The van der Waals surface area contributed by atoms with Crippen molar-refractivity contribution in [2.45, 2.75) is 13.3 Å². The molecule has 0 atom stereocenters. The van der Waals surface area contributed by atoms with Crippen LogP contribution in [0.1, 0.15) is 23.7 Å². The first-order valence-electron chi connectivity index (χ1n) is 4.70. The molecule has 0 unspecified atom stereocenters. The van der Waals surface area contributed by atoms with Crippen molar-refractivity contribution in [3.63, 3.8) is 0 Å². The van der Waals surface area contributed by atoms with E-state index in [1.54, 1.807) is 19.1 Å². The molecule has 0 aliphatic heterocycles. The summed E-state index contributed by atoms with van der Waals surface area (Å²) in [5, 5.41) is 8.94. The maximum absolute atomic E-state index is 10.9. The Balaban J connectivity index is 2.78. The minimum absolute atomic E-state index is 0.160. The Labute approximate surface area is 103 Å². The van der Waals surface area contributed by atoms with Crippen LogP contribution in [-0.2, 0) is 0 Å². The molecule has 1 aromatic rings. The van der Waals surface area contributed by atoms with Gasteiger partial charge in [-0.3, -0.25) is 0 Å². The quantitative estimate of drug-likeness (QED) is 0.682. The second-order valence-corrected chi connectivity index (χ2v) is 3.89. The summed E-state index contributed by atoms with van der Waals surface area (Å²) in [6.07, 6.45) is 0.585. The van der Waals surface area contributed by atoms with Gasteiger partial charge in [-0.05, 0) is 25.1 Å². The molecule has 1 aromatic carbocycles. The number of carbonyl (C=O) groups is 1. The lowest BCUT2D eigenvalue weighted by atomic mass is 10.2. The summed E-state index contributed by atoms with van der Waals surface area (Å²) in [5.41, 5.74) is 0.160. The number of ether oxygens (including phenoxy) is 1. The van der Waals surface area contributed by atoms with E-state index in [1.807, 2.05) is 0 Å². The summed E-state index contributed by atoms with van der Waals surface area (Å²) < 4.78 is 6.15. The second kappa shape index (κ2) is 6.19. The predicted molar refractivity (Wildman–Crippen MR) is 64.7 cm³/mol. The van der Waals surface area contributed by atoms with Crippen LogP contribution in [0.25, 0.3) is 0 Å². The Morgan fingerprint density at radius 2 is 2.31 bits per heavy atom. The van der Waals surface area contributed by atoms with Gasteiger partial charge in [0.1, 0.15) is 11.3 Å². The van der Waals surface area contributed by atoms with E-state index in [9.17, 15) is 4.79 Å². The molecule has 16 heavy (non-hydrogen) atoms. The highest BCUT2D eigenvalue weighted by Gasteiger charge is 2.11. The molecule has 1 rings (SSSR count). The minimum Gasteiger partial charge on any atom is -0.492 e. The van der Waals surface area contributed by atoms with Crippen molar-refractivity contribution in [1.29, 1.82) is 0 Å². The van der Waals surface area contributed by atoms with Crippen molar-refractivity contribution in [3.05, 3.63) is 28.2 Å². The molecule has 3 nitrogen and oxygen atoms in total. The highest BCUT2D eigenvalue weighted by molar-refractivity contribution is 9.10. The number of carboxylic acid groups (broad SMARTS) is 1. The van der Waals surface area contributed by atoms with Crippen molar-refractivity contribution in [2.75, 3.05) is 6.61 Å². The molecule has 0 amide bonds. The summed E-state index contributed by atoms with van der Waals surface area (Å²) in [5.74, 6) is 4.96. The number of carboxylic acids is 1. The number of hydrogen-bond donors (Lipinski definition) is 1. The van der Waals surface area contributed by atoms with Gasteiger partial charge in [0.25, 0.3) is 0 Å². The van der Waals surface area contributed by atoms with Crippen LogP contribution in [-0.4, -0.2) is 17.7 Å². The van der Waals surface area contributed by atoms with Gasteiger partial charge >= 0.3 is 5.97 Å². The highest BCUT2D eigenvalue weighted by Crippen LogP contribution is 2.23. The summed E-state index contributed by atoms with van der Waals surface area (Å²) in [7, 11) is 0. The lowest BCUT2D eigenvalue weighted by Gasteiger charge is -2.07. The average molecular weight is 283 g/mol. The van der Waals surface area contributed by atoms with E-state index in [-0.39, 0.29) is 5.56 Å². The van der Waals surface area contributed by atoms with Gasteiger partial charge in [-0.1, -0.05) is 15.9 Å². The Kier molecular flexibility index (Phi) is 4.87. The van der Waals surface area contributed by atoms with E-state index in [0.717, 1.165) is 4.47 Å². The normalized spacial score (nSPS) is 9.12. The van der Waals surface area contributed by atoms with Crippen molar-refractivity contribution < 1.29 is 14.6 Å². The zero-order chi connectivity index (χ0) is 12.0.